The summed E-state index contributed by atoms with van der Waals surface area (Å²) in [5.41, 5.74) is 1.80. The zero-order valence-electron chi connectivity index (χ0n) is 9.77. The molecule has 0 aliphatic heterocycles. The highest BCUT2D eigenvalue weighted by atomic mass is 16.3. The molecule has 0 radical (unpaired) electrons. The molecule has 1 atom stereocenters. The van der Waals surface area contributed by atoms with E-state index in [2.05, 4.69) is 25.2 Å². The second kappa shape index (κ2) is 6.26. The Labute approximate surface area is 96.7 Å². The molecule has 1 aromatic rings. The Morgan fingerprint density at radius 2 is 1.94 bits per heavy atom. The normalized spacial score (nSPS) is 12.4. The number of nitrogens with zero attached hydrogens (tertiary/aromatic N) is 1. The van der Waals surface area contributed by atoms with Gasteiger partial charge < -0.3 is 10.4 Å². The lowest BCUT2D eigenvalue weighted by atomic mass is 10.0. The molecule has 86 valence electrons. The minimum absolute atomic E-state index is 0.121. The first-order valence-corrected chi connectivity index (χ1v) is 5.50. The van der Waals surface area contributed by atoms with Crippen molar-refractivity contribution in [2.75, 3.05) is 6.61 Å². The minimum atomic E-state index is 0.121. The fourth-order valence-corrected chi connectivity index (χ4v) is 1.46. The highest BCUT2D eigenvalue weighted by Gasteiger charge is 2.10. The Hall–Kier alpha value is -1.37. The summed E-state index contributed by atoms with van der Waals surface area (Å²) in [5.74, 6) is 0.406. The van der Waals surface area contributed by atoms with E-state index in [0.717, 1.165) is 12.1 Å². The van der Waals surface area contributed by atoms with Crippen molar-refractivity contribution < 1.29 is 5.11 Å². The summed E-state index contributed by atoms with van der Waals surface area (Å²) in [6, 6.07) is 9.68. The molecule has 0 bridgehead atoms. The number of nitriles is 1. The quantitative estimate of drug-likeness (QED) is 0.790. The van der Waals surface area contributed by atoms with Gasteiger partial charge in [-0.3, -0.25) is 0 Å². The molecule has 0 aliphatic carbocycles. The van der Waals surface area contributed by atoms with Gasteiger partial charge in [-0.2, -0.15) is 5.26 Å². The summed E-state index contributed by atoms with van der Waals surface area (Å²) in [5, 5.41) is 21.1. The van der Waals surface area contributed by atoms with Gasteiger partial charge in [0.2, 0.25) is 0 Å². The minimum Gasteiger partial charge on any atom is -0.395 e. The average Bonchev–Trinajstić information content (AvgIpc) is 2.30. The van der Waals surface area contributed by atoms with Crippen LogP contribution in [0.25, 0.3) is 0 Å². The van der Waals surface area contributed by atoms with Gasteiger partial charge in [-0.1, -0.05) is 26.0 Å². The molecule has 0 fully saturated rings. The van der Waals surface area contributed by atoms with Crippen molar-refractivity contribution in [3.63, 3.8) is 0 Å². The summed E-state index contributed by atoms with van der Waals surface area (Å²) >= 11 is 0. The number of nitrogens with one attached hydrogen (secondary N) is 1. The fraction of sp³-hybridized carbons (Fsp3) is 0.462. The van der Waals surface area contributed by atoms with Crippen LogP contribution in [0.2, 0.25) is 0 Å². The topological polar surface area (TPSA) is 56.0 Å². The smallest absolute Gasteiger partial charge is 0.0991 e. The summed E-state index contributed by atoms with van der Waals surface area (Å²) in [6.45, 7) is 5.02. The first-order valence-electron chi connectivity index (χ1n) is 5.50. The number of aliphatic hydroxyl groups is 1. The van der Waals surface area contributed by atoms with Crippen LogP contribution in [0, 0.1) is 17.2 Å². The third-order valence-electron chi connectivity index (χ3n) is 2.65. The van der Waals surface area contributed by atoms with Crippen molar-refractivity contribution in [3.05, 3.63) is 35.4 Å². The molecule has 2 N–H and O–H groups in total. The number of benzene rings is 1. The van der Waals surface area contributed by atoms with Crippen LogP contribution >= 0.6 is 0 Å². The zero-order valence-corrected chi connectivity index (χ0v) is 9.77. The average molecular weight is 218 g/mol. The Balaban J connectivity index is 2.51. The first-order chi connectivity index (χ1) is 7.67. The predicted molar refractivity (Wildman–Crippen MR) is 63.7 cm³/mol. The number of hydrogen-bond donors (Lipinski definition) is 2. The Bertz CT molecular complexity index is 351. The van der Waals surface area contributed by atoms with Gasteiger partial charge >= 0.3 is 0 Å². The molecular weight excluding hydrogens is 200 g/mol. The maximum absolute atomic E-state index is 9.15. The highest BCUT2D eigenvalue weighted by molar-refractivity contribution is 5.31. The van der Waals surface area contributed by atoms with Gasteiger partial charge in [-0.15, -0.1) is 0 Å². The number of hydrogen-bond acceptors (Lipinski definition) is 3. The van der Waals surface area contributed by atoms with Gasteiger partial charge in [0.15, 0.2) is 0 Å². The van der Waals surface area contributed by atoms with E-state index in [1.54, 1.807) is 12.1 Å². The van der Waals surface area contributed by atoms with Crippen molar-refractivity contribution in [1.29, 1.82) is 5.26 Å². The van der Waals surface area contributed by atoms with Crippen LogP contribution in [0.3, 0.4) is 0 Å². The monoisotopic (exact) mass is 218 g/mol. The molecule has 0 amide bonds. The summed E-state index contributed by atoms with van der Waals surface area (Å²) < 4.78 is 0. The van der Waals surface area contributed by atoms with E-state index in [9.17, 15) is 0 Å². The zero-order chi connectivity index (χ0) is 12.0. The molecule has 0 saturated carbocycles. The van der Waals surface area contributed by atoms with Crippen LogP contribution in [0.15, 0.2) is 24.3 Å². The molecular formula is C13H18N2O. The number of aliphatic hydroxyl groups excluding tert-OH is 1. The molecule has 0 aromatic heterocycles. The molecule has 0 aliphatic rings. The van der Waals surface area contributed by atoms with Crippen molar-refractivity contribution >= 4 is 0 Å². The van der Waals surface area contributed by atoms with Gasteiger partial charge in [-0.05, 0) is 23.6 Å². The SMILES string of the molecule is CC(C)C(CO)NCc1ccc(C#N)cc1. The van der Waals surface area contributed by atoms with E-state index >= 15 is 0 Å². The fourth-order valence-electron chi connectivity index (χ4n) is 1.46. The molecule has 0 spiro atoms. The third-order valence-corrected chi connectivity index (χ3v) is 2.65. The molecule has 1 rings (SSSR count). The largest absolute Gasteiger partial charge is 0.395 e. The summed E-state index contributed by atoms with van der Waals surface area (Å²) in [4.78, 5) is 0. The van der Waals surface area contributed by atoms with E-state index in [-0.39, 0.29) is 12.6 Å². The third kappa shape index (κ3) is 3.65. The second-order valence-corrected chi connectivity index (χ2v) is 4.22. The van der Waals surface area contributed by atoms with E-state index in [4.69, 9.17) is 10.4 Å². The molecule has 1 aromatic carbocycles. The van der Waals surface area contributed by atoms with Gasteiger partial charge in [0.05, 0.1) is 18.2 Å². The van der Waals surface area contributed by atoms with Crippen LogP contribution in [-0.2, 0) is 6.54 Å². The maximum atomic E-state index is 9.15. The van der Waals surface area contributed by atoms with E-state index in [1.807, 2.05) is 12.1 Å². The van der Waals surface area contributed by atoms with E-state index < -0.39 is 0 Å². The van der Waals surface area contributed by atoms with Gasteiger partial charge in [0.1, 0.15) is 0 Å². The van der Waals surface area contributed by atoms with Gasteiger partial charge in [0.25, 0.3) is 0 Å². The number of rotatable bonds is 5. The van der Waals surface area contributed by atoms with Crippen LogP contribution in [0.5, 0.6) is 0 Å². The van der Waals surface area contributed by atoms with Crippen molar-refractivity contribution in [2.24, 2.45) is 5.92 Å². The van der Waals surface area contributed by atoms with Crippen LogP contribution in [0.1, 0.15) is 25.0 Å². The summed E-state index contributed by atoms with van der Waals surface area (Å²) in [6.07, 6.45) is 0. The lowest BCUT2D eigenvalue weighted by Gasteiger charge is -2.19. The molecule has 3 nitrogen and oxygen atoms in total. The predicted octanol–water partition coefficient (Wildman–Crippen LogP) is 1.66. The van der Waals surface area contributed by atoms with Crippen molar-refractivity contribution in [3.8, 4) is 6.07 Å². The lowest BCUT2D eigenvalue weighted by molar-refractivity contribution is 0.210. The summed E-state index contributed by atoms with van der Waals surface area (Å²) in [7, 11) is 0. The second-order valence-electron chi connectivity index (χ2n) is 4.22. The van der Waals surface area contributed by atoms with Gasteiger partial charge in [-0.25, -0.2) is 0 Å². The molecule has 0 heterocycles. The first kappa shape index (κ1) is 12.7. The Morgan fingerprint density at radius 1 is 1.31 bits per heavy atom. The molecule has 16 heavy (non-hydrogen) atoms. The molecule has 3 heteroatoms. The lowest BCUT2D eigenvalue weighted by Crippen LogP contribution is -2.36. The highest BCUT2D eigenvalue weighted by Crippen LogP contribution is 2.05. The van der Waals surface area contributed by atoms with Gasteiger partial charge in [0, 0.05) is 12.6 Å². The van der Waals surface area contributed by atoms with Crippen LogP contribution in [-0.4, -0.2) is 17.8 Å². The van der Waals surface area contributed by atoms with E-state index in [1.165, 1.54) is 0 Å². The molecule has 0 saturated heterocycles. The Morgan fingerprint density at radius 3 is 2.38 bits per heavy atom. The molecule has 1 unspecified atom stereocenters. The van der Waals surface area contributed by atoms with E-state index in [0.29, 0.717) is 11.5 Å². The van der Waals surface area contributed by atoms with Crippen molar-refractivity contribution in [1.82, 2.24) is 5.32 Å². The maximum Gasteiger partial charge on any atom is 0.0991 e. The van der Waals surface area contributed by atoms with Crippen LogP contribution < -0.4 is 5.32 Å². The van der Waals surface area contributed by atoms with Crippen LogP contribution in [0.4, 0.5) is 0 Å². The van der Waals surface area contributed by atoms with Crippen molar-refractivity contribution in [2.45, 2.75) is 26.4 Å². The Kier molecular flexibility index (Phi) is 4.97. The standard InChI is InChI=1S/C13H18N2O/c1-10(2)13(9-16)15-8-12-5-3-11(7-14)4-6-12/h3-6,10,13,15-16H,8-9H2,1-2H3.